The minimum atomic E-state index is -0.199. The molecule has 0 bridgehead atoms. The van der Waals surface area contributed by atoms with E-state index < -0.39 is 0 Å². The number of halogens is 2. The molecule has 0 spiro atoms. The number of ketones is 1. The van der Waals surface area contributed by atoms with Gasteiger partial charge in [-0.3, -0.25) is 9.59 Å². The molecule has 0 aromatic heterocycles. The van der Waals surface area contributed by atoms with Crippen molar-refractivity contribution in [1.29, 1.82) is 0 Å². The highest BCUT2D eigenvalue weighted by atomic mass is 35.5. The van der Waals surface area contributed by atoms with Gasteiger partial charge in [-0.05, 0) is 62.2 Å². The quantitative estimate of drug-likeness (QED) is 0.467. The zero-order chi connectivity index (χ0) is 19.1. The fourth-order valence-corrected chi connectivity index (χ4v) is 3.22. The minimum Gasteiger partial charge on any atom is -0.482 e. The number of Topliss-reactive ketones (excluding diaryl/α,β-unsaturated/α-hetero) is 1. The third kappa shape index (κ3) is 6.23. The summed E-state index contributed by atoms with van der Waals surface area (Å²) in [5.41, 5.74) is 2.31. The van der Waals surface area contributed by atoms with Gasteiger partial charge in [-0.1, -0.05) is 29.8 Å². The number of anilines is 1. The van der Waals surface area contributed by atoms with Crippen LogP contribution in [0, 0.1) is 0 Å². The highest BCUT2D eigenvalue weighted by Gasteiger charge is 2.17. The fraction of sp³-hybridized carbons (Fsp3) is 0.333. The first-order valence-corrected chi connectivity index (χ1v) is 9.55. The Labute approximate surface area is 176 Å². The van der Waals surface area contributed by atoms with E-state index in [1.54, 1.807) is 18.2 Å². The number of amides is 1. The van der Waals surface area contributed by atoms with Gasteiger partial charge >= 0.3 is 0 Å². The van der Waals surface area contributed by atoms with Gasteiger partial charge in [-0.25, -0.2) is 0 Å². The topological polar surface area (TPSA) is 67.4 Å². The Morgan fingerprint density at radius 3 is 2.79 bits per heavy atom. The van der Waals surface area contributed by atoms with E-state index in [9.17, 15) is 9.59 Å². The van der Waals surface area contributed by atoms with Crippen molar-refractivity contribution in [2.45, 2.75) is 25.7 Å². The number of ether oxygens (including phenoxy) is 1. The average Bonchev–Trinajstić information content (AvgIpc) is 2.67. The van der Waals surface area contributed by atoms with Crippen LogP contribution < -0.4 is 15.4 Å². The third-order valence-corrected chi connectivity index (χ3v) is 4.84. The van der Waals surface area contributed by atoms with Crippen LogP contribution in [0.2, 0.25) is 5.02 Å². The zero-order valence-corrected chi connectivity index (χ0v) is 17.1. The second-order valence-corrected chi connectivity index (χ2v) is 6.93. The summed E-state index contributed by atoms with van der Waals surface area (Å²) in [5, 5.41) is 6.92. The summed E-state index contributed by atoms with van der Waals surface area (Å²) in [5.74, 6) is 0.484. The number of rotatable bonds is 9. The molecule has 0 atom stereocenters. The number of nitrogens with one attached hydrogen (secondary N) is 2. The van der Waals surface area contributed by atoms with E-state index in [0.29, 0.717) is 23.4 Å². The highest BCUT2D eigenvalue weighted by Crippen LogP contribution is 2.29. The largest absolute Gasteiger partial charge is 0.482 e. The van der Waals surface area contributed by atoms with Crippen LogP contribution >= 0.6 is 24.0 Å². The van der Waals surface area contributed by atoms with E-state index in [-0.39, 0.29) is 30.7 Å². The summed E-state index contributed by atoms with van der Waals surface area (Å²) in [4.78, 5) is 23.7. The Kier molecular flexibility index (Phi) is 8.77. The molecule has 0 unspecified atom stereocenters. The lowest BCUT2D eigenvalue weighted by molar-refractivity contribution is -0.118. The van der Waals surface area contributed by atoms with Crippen molar-refractivity contribution in [1.82, 2.24) is 5.32 Å². The molecule has 0 fully saturated rings. The number of hydrogen-bond donors (Lipinski definition) is 2. The second-order valence-electron chi connectivity index (χ2n) is 6.52. The van der Waals surface area contributed by atoms with Crippen LogP contribution in [0.1, 0.15) is 35.2 Å². The number of carbonyl (C=O) groups excluding carboxylic acids is 2. The molecule has 7 heteroatoms. The predicted molar refractivity (Wildman–Crippen MR) is 114 cm³/mol. The van der Waals surface area contributed by atoms with Gasteiger partial charge in [0.1, 0.15) is 5.75 Å². The van der Waals surface area contributed by atoms with Crippen molar-refractivity contribution >= 4 is 41.4 Å². The normalized spacial score (nSPS) is 12.4. The number of hydrogen-bond acceptors (Lipinski definition) is 4. The van der Waals surface area contributed by atoms with Gasteiger partial charge in [0.05, 0.1) is 5.69 Å². The van der Waals surface area contributed by atoms with Gasteiger partial charge in [0.15, 0.2) is 12.4 Å². The lowest BCUT2D eigenvalue weighted by Crippen LogP contribution is -2.25. The smallest absolute Gasteiger partial charge is 0.262 e. The maximum Gasteiger partial charge on any atom is 0.262 e. The molecule has 2 aromatic carbocycles. The standard InChI is InChI=1S/C21H23ClN2O3.ClH/c22-17-6-2-1-5-15(17)10-12-23-11-4-3-7-19(25)16-8-9-20-18(13-16)24-21(26)14-27-20;/h1-2,5-6,8-9,13,23H,3-4,7,10-12,14H2,(H,24,26);1H. The van der Waals surface area contributed by atoms with Crippen molar-refractivity contribution in [3.05, 3.63) is 58.6 Å². The van der Waals surface area contributed by atoms with E-state index >= 15 is 0 Å². The molecule has 2 aromatic rings. The second kappa shape index (κ2) is 11.1. The molecule has 0 radical (unpaired) electrons. The Balaban J connectivity index is 0.00000280. The average molecular weight is 423 g/mol. The van der Waals surface area contributed by atoms with Gasteiger partial charge in [-0.2, -0.15) is 0 Å². The molecular formula is C21H24Cl2N2O3. The number of fused-ring (bicyclic) bond motifs is 1. The molecule has 0 aliphatic carbocycles. The molecule has 28 heavy (non-hydrogen) atoms. The molecule has 5 nitrogen and oxygen atoms in total. The van der Waals surface area contributed by atoms with E-state index in [4.69, 9.17) is 16.3 Å². The van der Waals surface area contributed by atoms with Crippen molar-refractivity contribution in [2.24, 2.45) is 0 Å². The van der Waals surface area contributed by atoms with Gasteiger partial charge < -0.3 is 15.4 Å². The molecule has 2 N–H and O–H groups in total. The van der Waals surface area contributed by atoms with Crippen LogP contribution in [0.3, 0.4) is 0 Å². The maximum atomic E-state index is 12.3. The zero-order valence-electron chi connectivity index (χ0n) is 15.5. The van der Waals surface area contributed by atoms with Crippen LogP contribution in [-0.4, -0.2) is 31.4 Å². The van der Waals surface area contributed by atoms with Gasteiger partial charge in [-0.15, -0.1) is 12.4 Å². The molecule has 0 saturated heterocycles. The van der Waals surface area contributed by atoms with Gasteiger partial charge in [0.25, 0.3) is 5.91 Å². The lowest BCUT2D eigenvalue weighted by Gasteiger charge is -2.18. The predicted octanol–water partition coefficient (Wildman–Crippen LogP) is 4.28. The monoisotopic (exact) mass is 422 g/mol. The Hall–Kier alpha value is -2.08. The number of carbonyl (C=O) groups is 2. The summed E-state index contributed by atoms with van der Waals surface area (Å²) in [6.07, 6.45) is 3.12. The van der Waals surface area contributed by atoms with E-state index in [1.807, 2.05) is 24.3 Å². The molecule has 0 saturated carbocycles. The first-order chi connectivity index (χ1) is 13.1. The van der Waals surface area contributed by atoms with Crippen LogP contribution in [0.15, 0.2) is 42.5 Å². The highest BCUT2D eigenvalue weighted by molar-refractivity contribution is 6.31. The first kappa shape index (κ1) is 22.2. The molecular weight excluding hydrogens is 399 g/mol. The van der Waals surface area contributed by atoms with Crippen molar-refractivity contribution in [2.75, 3.05) is 25.0 Å². The van der Waals surface area contributed by atoms with E-state index in [1.165, 1.54) is 0 Å². The third-order valence-electron chi connectivity index (χ3n) is 4.47. The molecule has 1 aliphatic heterocycles. The summed E-state index contributed by atoms with van der Waals surface area (Å²) in [6.45, 7) is 1.75. The van der Waals surface area contributed by atoms with E-state index in [0.717, 1.165) is 42.9 Å². The summed E-state index contributed by atoms with van der Waals surface area (Å²) >= 11 is 6.14. The first-order valence-electron chi connectivity index (χ1n) is 9.17. The van der Waals surface area contributed by atoms with Crippen molar-refractivity contribution in [3.8, 4) is 5.75 Å². The van der Waals surface area contributed by atoms with E-state index in [2.05, 4.69) is 10.6 Å². The number of benzene rings is 2. The summed E-state index contributed by atoms with van der Waals surface area (Å²) in [7, 11) is 0. The minimum absolute atomic E-state index is 0. The SMILES string of the molecule is Cl.O=C1COc2ccc(C(=O)CCCCNCCc3ccccc3Cl)cc2N1. The Morgan fingerprint density at radius 1 is 1.14 bits per heavy atom. The molecule has 1 heterocycles. The molecule has 1 aliphatic rings. The van der Waals surface area contributed by atoms with Crippen molar-refractivity contribution in [3.63, 3.8) is 0 Å². The number of unbranched alkanes of at least 4 members (excludes halogenated alkanes) is 1. The van der Waals surface area contributed by atoms with Crippen molar-refractivity contribution < 1.29 is 14.3 Å². The molecule has 3 rings (SSSR count). The summed E-state index contributed by atoms with van der Waals surface area (Å²) < 4.78 is 5.31. The Bertz CT molecular complexity index is 827. The van der Waals surface area contributed by atoms with Gasteiger partial charge in [0.2, 0.25) is 0 Å². The van der Waals surface area contributed by atoms with Crippen LogP contribution in [0.4, 0.5) is 5.69 Å². The molecule has 1 amide bonds. The maximum absolute atomic E-state index is 12.3. The lowest BCUT2D eigenvalue weighted by atomic mass is 10.0. The van der Waals surface area contributed by atoms with Crippen LogP contribution in [0.5, 0.6) is 5.75 Å². The summed E-state index contributed by atoms with van der Waals surface area (Å²) in [6, 6.07) is 13.0. The fourth-order valence-electron chi connectivity index (χ4n) is 2.99. The van der Waals surface area contributed by atoms with Crippen LogP contribution in [-0.2, 0) is 11.2 Å². The van der Waals surface area contributed by atoms with Crippen LogP contribution in [0.25, 0.3) is 0 Å². The van der Waals surface area contributed by atoms with Gasteiger partial charge in [0, 0.05) is 17.0 Å². The molecule has 150 valence electrons. The Morgan fingerprint density at radius 2 is 1.96 bits per heavy atom.